The second kappa shape index (κ2) is 8.72. The Morgan fingerprint density at radius 1 is 1.03 bits per heavy atom. The third-order valence-corrected chi connectivity index (χ3v) is 16.9. The van der Waals surface area contributed by atoms with E-state index in [1.54, 1.807) is 6.26 Å². The molecule has 5 nitrogen and oxygen atoms in total. The van der Waals surface area contributed by atoms with E-state index in [4.69, 9.17) is 18.3 Å². The minimum Gasteiger partial charge on any atom is -0.473 e. The van der Waals surface area contributed by atoms with E-state index in [1.165, 1.54) is 7.11 Å². The summed E-state index contributed by atoms with van der Waals surface area (Å²) in [7, 11) is -2.45. The van der Waals surface area contributed by atoms with E-state index < -0.39 is 16.6 Å². The first-order chi connectivity index (χ1) is 13.5. The van der Waals surface area contributed by atoms with Gasteiger partial charge in [-0.15, -0.1) is 0 Å². The van der Waals surface area contributed by atoms with Gasteiger partial charge in [-0.05, 0) is 55.0 Å². The zero-order valence-electron chi connectivity index (χ0n) is 21.0. The summed E-state index contributed by atoms with van der Waals surface area (Å²) < 4.78 is 24.5. The Labute approximate surface area is 186 Å². The van der Waals surface area contributed by atoms with Crippen molar-refractivity contribution < 1.29 is 23.1 Å². The van der Waals surface area contributed by atoms with Crippen LogP contribution in [-0.4, -0.2) is 42.6 Å². The molecule has 0 unspecified atom stereocenters. The second-order valence-electron chi connectivity index (χ2n) is 12.0. The molecule has 0 amide bonds. The van der Waals surface area contributed by atoms with Gasteiger partial charge in [0.1, 0.15) is 0 Å². The molecule has 0 radical (unpaired) electrons. The van der Waals surface area contributed by atoms with Gasteiger partial charge >= 0.3 is 5.97 Å². The van der Waals surface area contributed by atoms with E-state index >= 15 is 0 Å². The van der Waals surface area contributed by atoms with E-state index in [1.807, 2.05) is 0 Å². The van der Waals surface area contributed by atoms with Gasteiger partial charge in [0.25, 0.3) is 0 Å². The van der Waals surface area contributed by atoms with E-state index in [2.05, 4.69) is 67.7 Å². The maximum atomic E-state index is 12.4. The monoisotopic (exact) mass is 456 g/mol. The standard InChI is InChI=1S/C23H44O5Si2/c1-22(2,3)29(8,9)27-14-16-12-13-17-18(20(24)25-7)15-26-21(19(16)17)28-30(10,11)23(4,5)6/h15-17,19,21H,12-14H2,1-11H3/t16-,17-,19-,21+/m1/s1. The number of fused-ring (bicyclic) bond motifs is 1. The van der Waals surface area contributed by atoms with Crippen LogP contribution in [0.1, 0.15) is 54.4 Å². The van der Waals surface area contributed by atoms with Crippen molar-refractivity contribution in [2.75, 3.05) is 13.7 Å². The summed E-state index contributed by atoms with van der Waals surface area (Å²) in [5.74, 6) is 0.242. The predicted molar refractivity (Wildman–Crippen MR) is 126 cm³/mol. The van der Waals surface area contributed by atoms with Crippen LogP contribution in [0.3, 0.4) is 0 Å². The number of rotatable bonds is 6. The molecule has 0 saturated heterocycles. The van der Waals surface area contributed by atoms with E-state index in [-0.39, 0.29) is 34.2 Å². The summed E-state index contributed by atoms with van der Waals surface area (Å²) in [5.41, 5.74) is 0.646. The van der Waals surface area contributed by atoms with Gasteiger partial charge in [-0.2, -0.15) is 0 Å². The SMILES string of the molecule is COC(=O)C1=CO[C@@H](O[Si](C)(C)C(C)(C)C)[C@@H]2[C@@H](CO[Si](C)(C)C(C)(C)C)CC[C@H]12. The van der Waals surface area contributed by atoms with Gasteiger partial charge in [0.05, 0.1) is 18.9 Å². The molecule has 0 spiro atoms. The molecule has 7 heteroatoms. The number of methoxy groups -OCH3 is 1. The molecular formula is C23H44O5Si2. The minimum absolute atomic E-state index is 0.0872. The van der Waals surface area contributed by atoms with Crippen molar-refractivity contribution in [3.63, 3.8) is 0 Å². The number of carbonyl (C=O) groups excluding carboxylic acids is 1. The fraction of sp³-hybridized carbons (Fsp3) is 0.870. The van der Waals surface area contributed by atoms with Crippen molar-refractivity contribution >= 4 is 22.6 Å². The van der Waals surface area contributed by atoms with Gasteiger partial charge in [0.2, 0.25) is 0 Å². The average Bonchev–Trinajstić information content (AvgIpc) is 3.02. The predicted octanol–water partition coefficient (Wildman–Crippen LogP) is 6.09. The summed E-state index contributed by atoms with van der Waals surface area (Å²) in [4.78, 5) is 12.4. The molecule has 0 bridgehead atoms. The number of ether oxygens (including phenoxy) is 2. The zero-order chi connectivity index (χ0) is 23.1. The van der Waals surface area contributed by atoms with Crippen LogP contribution >= 0.6 is 0 Å². The molecule has 2 rings (SSSR count). The summed E-state index contributed by atoms with van der Waals surface area (Å²) in [6.07, 6.45) is 3.22. The minimum atomic E-state index is -2.03. The molecule has 2 aliphatic rings. The van der Waals surface area contributed by atoms with Crippen LogP contribution in [0.15, 0.2) is 11.8 Å². The maximum absolute atomic E-state index is 12.4. The highest BCUT2D eigenvalue weighted by molar-refractivity contribution is 6.74. The highest BCUT2D eigenvalue weighted by Gasteiger charge is 2.52. The van der Waals surface area contributed by atoms with Crippen molar-refractivity contribution in [2.45, 2.75) is 96.9 Å². The molecule has 1 heterocycles. The molecule has 0 N–H and O–H groups in total. The summed E-state index contributed by atoms with van der Waals surface area (Å²) in [6.45, 7) is 23.3. The molecule has 0 aromatic rings. The molecule has 4 atom stereocenters. The molecule has 174 valence electrons. The number of carbonyl (C=O) groups is 1. The highest BCUT2D eigenvalue weighted by Crippen LogP contribution is 2.50. The smallest absolute Gasteiger partial charge is 0.337 e. The molecule has 1 aliphatic carbocycles. The van der Waals surface area contributed by atoms with Crippen LogP contribution in [0.2, 0.25) is 36.3 Å². The molecule has 1 aliphatic heterocycles. The summed E-state index contributed by atoms with van der Waals surface area (Å²) in [5, 5.41) is 0.256. The summed E-state index contributed by atoms with van der Waals surface area (Å²) in [6, 6.07) is 0. The van der Waals surface area contributed by atoms with Crippen LogP contribution in [0.5, 0.6) is 0 Å². The van der Waals surface area contributed by atoms with Crippen LogP contribution in [0, 0.1) is 17.8 Å². The lowest BCUT2D eigenvalue weighted by Gasteiger charge is -2.44. The molecule has 0 aromatic heterocycles. The number of esters is 1. The fourth-order valence-electron chi connectivity index (χ4n) is 3.82. The fourth-order valence-corrected chi connectivity index (χ4v) is 6.03. The molecule has 0 aromatic carbocycles. The lowest BCUT2D eigenvalue weighted by molar-refractivity contribution is -0.143. The molecule has 30 heavy (non-hydrogen) atoms. The highest BCUT2D eigenvalue weighted by atomic mass is 28.4. The van der Waals surface area contributed by atoms with Crippen LogP contribution in [0.25, 0.3) is 0 Å². The van der Waals surface area contributed by atoms with Gasteiger partial charge in [0.15, 0.2) is 22.9 Å². The third kappa shape index (κ3) is 5.22. The Morgan fingerprint density at radius 2 is 1.60 bits per heavy atom. The largest absolute Gasteiger partial charge is 0.473 e. The van der Waals surface area contributed by atoms with Crippen molar-refractivity contribution in [3.8, 4) is 0 Å². The van der Waals surface area contributed by atoms with Crippen molar-refractivity contribution in [2.24, 2.45) is 17.8 Å². The van der Waals surface area contributed by atoms with Gasteiger partial charge in [-0.1, -0.05) is 41.5 Å². The number of hydrogen-bond acceptors (Lipinski definition) is 5. The van der Waals surface area contributed by atoms with Crippen molar-refractivity contribution in [1.29, 1.82) is 0 Å². The Morgan fingerprint density at radius 3 is 2.10 bits per heavy atom. The van der Waals surface area contributed by atoms with Crippen LogP contribution in [-0.2, 0) is 23.1 Å². The van der Waals surface area contributed by atoms with E-state index in [0.29, 0.717) is 18.1 Å². The quantitative estimate of drug-likeness (QED) is 0.358. The number of hydrogen-bond donors (Lipinski definition) is 0. The second-order valence-corrected chi connectivity index (χ2v) is 21.6. The first-order valence-electron chi connectivity index (χ1n) is 11.3. The van der Waals surface area contributed by atoms with Crippen LogP contribution in [0.4, 0.5) is 0 Å². The normalized spacial score (nSPS) is 27.9. The van der Waals surface area contributed by atoms with Crippen LogP contribution < -0.4 is 0 Å². The average molecular weight is 457 g/mol. The van der Waals surface area contributed by atoms with E-state index in [9.17, 15) is 4.79 Å². The lowest BCUT2D eigenvalue weighted by Crippen LogP contribution is -2.50. The Bertz CT molecular complexity index is 657. The lowest BCUT2D eigenvalue weighted by atomic mass is 9.83. The third-order valence-electron chi connectivity index (χ3n) is 8.00. The Balaban J connectivity index is 2.28. The van der Waals surface area contributed by atoms with Gasteiger partial charge in [0, 0.05) is 18.4 Å². The molecule has 1 saturated carbocycles. The van der Waals surface area contributed by atoms with E-state index in [0.717, 1.165) is 12.8 Å². The molecule has 1 fully saturated rings. The topological polar surface area (TPSA) is 54.0 Å². The summed E-state index contributed by atoms with van der Waals surface area (Å²) >= 11 is 0. The Kier molecular flexibility index (Phi) is 7.44. The first-order valence-corrected chi connectivity index (χ1v) is 17.1. The van der Waals surface area contributed by atoms with Gasteiger partial charge in [-0.25, -0.2) is 4.79 Å². The first kappa shape index (κ1) is 25.6. The Hall–Kier alpha value is -0.636. The zero-order valence-corrected chi connectivity index (χ0v) is 23.0. The van der Waals surface area contributed by atoms with Crippen molar-refractivity contribution in [3.05, 3.63) is 11.8 Å². The van der Waals surface area contributed by atoms with Crippen molar-refractivity contribution in [1.82, 2.24) is 0 Å². The molecular weight excluding hydrogens is 412 g/mol. The van der Waals surface area contributed by atoms with Gasteiger partial charge in [-0.3, -0.25) is 0 Å². The maximum Gasteiger partial charge on any atom is 0.337 e. The van der Waals surface area contributed by atoms with Gasteiger partial charge < -0.3 is 18.3 Å².